The van der Waals surface area contributed by atoms with Crippen LogP contribution >= 0.6 is 0 Å². The highest BCUT2D eigenvalue weighted by Gasteiger charge is 2.15. The minimum atomic E-state index is -4.20. The first kappa shape index (κ1) is 13.8. The summed E-state index contributed by atoms with van der Waals surface area (Å²) >= 11 is 0. The molecule has 0 radical (unpaired) electrons. The molecule has 0 saturated carbocycles. The Bertz CT molecular complexity index is 456. The molecule has 1 aromatic carbocycles. The van der Waals surface area contributed by atoms with Gasteiger partial charge in [-0.2, -0.15) is 8.42 Å². The van der Waals surface area contributed by atoms with E-state index < -0.39 is 22.0 Å². The molecular weight excluding hydrogens is 248 g/mol. The van der Waals surface area contributed by atoms with Gasteiger partial charge in [-0.3, -0.25) is 4.55 Å². The summed E-state index contributed by atoms with van der Waals surface area (Å²) in [4.78, 5) is 0. The van der Waals surface area contributed by atoms with Crippen LogP contribution in [0.2, 0.25) is 0 Å². The number of para-hydroxylation sites is 2. The van der Waals surface area contributed by atoms with Crippen molar-refractivity contribution in [2.45, 2.75) is 6.10 Å². The van der Waals surface area contributed by atoms with E-state index in [2.05, 4.69) is 0 Å². The molecule has 2 N–H and O–H groups in total. The second-order valence-electron chi connectivity index (χ2n) is 3.36. The lowest BCUT2D eigenvalue weighted by Crippen LogP contribution is -2.26. The Hall–Kier alpha value is -1.31. The van der Waals surface area contributed by atoms with Gasteiger partial charge in [0, 0.05) is 0 Å². The number of ether oxygens (including phenoxy) is 2. The van der Waals surface area contributed by atoms with Gasteiger partial charge in [-0.05, 0) is 12.1 Å². The van der Waals surface area contributed by atoms with Crippen LogP contribution in [0.15, 0.2) is 24.3 Å². The Kier molecular flexibility index (Phi) is 4.73. The van der Waals surface area contributed by atoms with Crippen molar-refractivity contribution in [2.75, 3.05) is 19.5 Å². The van der Waals surface area contributed by atoms with Crippen molar-refractivity contribution in [1.82, 2.24) is 0 Å². The highest BCUT2D eigenvalue weighted by Crippen LogP contribution is 2.25. The smallest absolute Gasteiger partial charge is 0.267 e. The molecule has 17 heavy (non-hydrogen) atoms. The van der Waals surface area contributed by atoms with Gasteiger partial charge >= 0.3 is 0 Å². The fourth-order valence-electron chi connectivity index (χ4n) is 1.22. The van der Waals surface area contributed by atoms with Gasteiger partial charge < -0.3 is 14.6 Å². The summed E-state index contributed by atoms with van der Waals surface area (Å²) in [6, 6.07) is 6.76. The summed E-state index contributed by atoms with van der Waals surface area (Å²) in [6.07, 6.45) is -1.30. The van der Waals surface area contributed by atoms with Gasteiger partial charge in [0.2, 0.25) is 0 Å². The fourth-order valence-corrected chi connectivity index (χ4v) is 1.80. The monoisotopic (exact) mass is 262 g/mol. The molecule has 7 heteroatoms. The minimum absolute atomic E-state index is 0.250. The van der Waals surface area contributed by atoms with Crippen LogP contribution < -0.4 is 9.47 Å². The summed E-state index contributed by atoms with van der Waals surface area (Å²) in [5, 5.41) is 9.30. The van der Waals surface area contributed by atoms with Crippen LogP contribution in [0.4, 0.5) is 0 Å². The molecule has 0 aliphatic carbocycles. The predicted octanol–water partition coefficient (Wildman–Crippen LogP) is 0.323. The lowest BCUT2D eigenvalue weighted by atomic mass is 10.3. The normalized spacial score (nSPS) is 13.1. The van der Waals surface area contributed by atoms with E-state index >= 15 is 0 Å². The first-order chi connectivity index (χ1) is 7.92. The molecule has 0 fully saturated rings. The van der Waals surface area contributed by atoms with Crippen molar-refractivity contribution < 1.29 is 27.6 Å². The third kappa shape index (κ3) is 5.03. The average Bonchev–Trinajstić information content (AvgIpc) is 2.24. The number of aliphatic hydroxyl groups excluding tert-OH is 1. The molecular formula is C10H14O6S. The highest BCUT2D eigenvalue weighted by molar-refractivity contribution is 7.85. The summed E-state index contributed by atoms with van der Waals surface area (Å²) in [6.45, 7) is -0.250. The number of benzene rings is 1. The van der Waals surface area contributed by atoms with E-state index in [1.54, 1.807) is 24.3 Å². The van der Waals surface area contributed by atoms with Crippen LogP contribution in [0.3, 0.4) is 0 Å². The second-order valence-corrected chi connectivity index (χ2v) is 4.86. The van der Waals surface area contributed by atoms with E-state index in [0.29, 0.717) is 11.5 Å². The fraction of sp³-hybridized carbons (Fsp3) is 0.400. The van der Waals surface area contributed by atoms with Gasteiger partial charge in [-0.15, -0.1) is 0 Å². The maximum absolute atomic E-state index is 10.5. The molecule has 1 rings (SSSR count). The Balaban J connectivity index is 2.55. The van der Waals surface area contributed by atoms with E-state index in [1.807, 2.05) is 0 Å². The van der Waals surface area contributed by atoms with E-state index in [0.717, 1.165) is 0 Å². The number of aliphatic hydroxyl groups is 1. The maximum atomic E-state index is 10.5. The van der Waals surface area contributed by atoms with Crippen LogP contribution in [0.25, 0.3) is 0 Å². The lowest BCUT2D eigenvalue weighted by Gasteiger charge is -2.13. The van der Waals surface area contributed by atoms with Crippen molar-refractivity contribution in [1.29, 1.82) is 0 Å². The molecule has 0 amide bonds. The molecule has 0 aliphatic rings. The van der Waals surface area contributed by atoms with E-state index in [9.17, 15) is 13.5 Å². The van der Waals surface area contributed by atoms with Gasteiger partial charge in [-0.25, -0.2) is 0 Å². The van der Waals surface area contributed by atoms with Crippen LogP contribution in [0.1, 0.15) is 0 Å². The molecule has 0 heterocycles. The largest absolute Gasteiger partial charge is 0.493 e. The van der Waals surface area contributed by atoms with Crippen molar-refractivity contribution in [2.24, 2.45) is 0 Å². The zero-order valence-corrected chi connectivity index (χ0v) is 10.1. The number of hydrogen-bond donors (Lipinski definition) is 2. The molecule has 1 aromatic rings. The summed E-state index contributed by atoms with van der Waals surface area (Å²) in [5.74, 6) is 0.109. The minimum Gasteiger partial charge on any atom is -0.493 e. The zero-order chi connectivity index (χ0) is 12.9. The topological polar surface area (TPSA) is 93.1 Å². The zero-order valence-electron chi connectivity index (χ0n) is 9.24. The highest BCUT2D eigenvalue weighted by atomic mass is 32.2. The molecule has 1 atom stereocenters. The third-order valence-corrected chi connectivity index (χ3v) is 2.71. The summed E-state index contributed by atoms with van der Waals surface area (Å²) < 4.78 is 39.7. The molecule has 96 valence electrons. The third-order valence-electron chi connectivity index (χ3n) is 1.90. The average molecular weight is 262 g/mol. The second kappa shape index (κ2) is 5.85. The first-order valence-corrected chi connectivity index (χ1v) is 6.42. The van der Waals surface area contributed by atoms with Crippen LogP contribution in [-0.4, -0.2) is 43.7 Å². The quantitative estimate of drug-likeness (QED) is 0.717. The summed E-state index contributed by atoms with van der Waals surface area (Å²) in [5.41, 5.74) is 0. The molecule has 0 spiro atoms. The molecule has 6 nitrogen and oxygen atoms in total. The van der Waals surface area contributed by atoms with Crippen LogP contribution in [0.5, 0.6) is 11.5 Å². The van der Waals surface area contributed by atoms with Crippen molar-refractivity contribution in [3.63, 3.8) is 0 Å². The molecule has 0 aromatic heterocycles. The molecule has 1 unspecified atom stereocenters. The van der Waals surface area contributed by atoms with E-state index in [-0.39, 0.29) is 6.61 Å². The number of hydrogen-bond acceptors (Lipinski definition) is 5. The Labute approximate surface area is 99.5 Å². The van der Waals surface area contributed by atoms with Crippen molar-refractivity contribution in [3.8, 4) is 11.5 Å². The maximum Gasteiger partial charge on any atom is 0.267 e. The number of rotatable bonds is 6. The van der Waals surface area contributed by atoms with Gasteiger partial charge in [-0.1, -0.05) is 12.1 Å². The van der Waals surface area contributed by atoms with Crippen molar-refractivity contribution in [3.05, 3.63) is 24.3 Å². The van der Waals surface area contributed by atoms with Gasteiger partial charge in [0.15, 0.2) is 11.5 Å². The standard InChI is InChI=1S/C10H14O6S/c1-15-9-4-2-3-5-10(9)16-6-8(11)7-17(12,13)14/h2-5,8,11H,6-7H2,1H3,(H,12,13,14). The molecule has 0 aliphatic heterocycles. The Morgan fingerprint density at radius 2 is 1.88 bits per heavy atom. The molecule has 0 bridgehead atoms. The number of methoxy groups -OCH3 is 1. The van der Waals surface area contributed by atoms with Gasteiger partial charge in [0.1, 0.15) is 18.5 Å². The van der Waals surface area contributed by atoms with Gasteiger partial charge in [0.05, 0.1) is 7.11 Å². The summed E-state index contributed by atoms with van der Waals surface area (Å²) in [7, 11) is -2.74. The first-order valence-electron chi connectivity index (χ1n) is 4.81. The van der Waals surface area contributed by atoms with Crippen LogP contribution in [-0.2, 0) is 10.1 Å². The van der Waals surface area contributed by atoms with E-state index in [1.165, 1.54) is 7.11 Å². The van der Waals surface area contributed by atoms with Crippen LogP contribution in [0, 0.1) is 0 Å². The molecule has 0 saturated heterocycles. The predicted molar refractivity (Wildman–Crippen MR) is 60.9 cm³/mol. The van der Waals surface area contributed by atoms with Crippen molar-refractivity contribution >= 4 is 10.1 Å². The van der Waals surface area contributed by atoms with E-state index in [4.69, 9.17) is 14.0 Å². The SMILES string of the molecule is COc1ccccc1OCC(O)CS(=O)(=O)O. The lowest BCUT2D eigenvalue weighted by molar-refractivity contribution is 0.121. The Morgan fingerprint density at radius 1 is 1.29 bits per heavy atom. The van der Waals surface area contributed by atoms with Gasteiger partial charge in [0.25, 0.3) is 10.1 Å². The Morgan fingerprint density at radius 3 is 2.41 bits per heavy atom.